The van der Waals surface area contributed by atoms with Crippen molar-refractivity contribution in [1.82, 2.24) is 0 Å². The van der Waals surface area contributed by atoms with E-state index >= 15 is 0 Å². The molecule has 4 heteroatoms. The first kappa shape index (κ1) is 15.0. The number of hydrogen-bond donors (Lipinski definition) is 0. The monoisotopic (exact) mass is 267 g/mol. The van der Waals surface area contributed by atoms with Crippen molar-refractivity contribution in [1.29, 1.82) is 5.26 Å². The summed E-state index contributed by atoms with van der Waals surface area (Å²) in [7, 11) is 0. The molecule has 1 rings (SSSR count). The molecule has 0 aliphatic rings. The summed E-state index contributed by atoms with van der Waals surface area (Å²) < 4.78 is 10.9. The number of hydrogen-bond acceptors (Lipinski definition) is 3. The third-order valence-electron chi connectivity index (χ3n) is 2.26. The second-order valence-corrected chi connectivity index (χ2v) is 4.85. The van der Waals surface area contributed by atoms with Crippen LogP contribution in [0.15, 0.2) is 18.2 Å². The van der Waals surface area contributed by atoms with Gasteiger partial charge in [0.25, 0.3) is 0 Å². The van der Waals surface area contributed by atoms with Crippen LogP contribution in [0.2, 0.25) is 5.02 Å². The summed E-state index contributed by atoms with van der Waals surface area (Å²) in [6.07, 6.45) is 0. The molecule has 0 fully saturated rings. The Labute approximate surface area is 113 Å². The van der Waals surface area contributed by atoms with E-state index in [0.29, 0.717) is 36.3 Å². The van der Waals surface area contributed by atoms with Gasteiger partial charge in [0, 0.05) is 11.6 Å². The Kier molecular flexibility index (Phi) is 6.74. The first-order valence-electron chi connectivity index (χ1n) is 5.97. The lowest BCUT2D eigenvalue weighted by Crippen LogP contribution is -2.08. The fourth-order valence-electron chi connectivity index (χ4n) is 1.35. The molecule has 0 bridgehead atoms. The van der Waals surface area contributed by atoms with Gasteiger partial charge in [-0.2, -0.15) is 5.26 Å². The minimum atomic E-state index is 0.440. The Morgan fingerprint density at radius 3 is 2.61 bits per heavy atom. The molecule has 98 valence electrons. The minimum Gasteiger partial charge on any atom is -0.379 e. The van der Waals surface area contributed by atoms with Gasteiger partial charge in [0.15, 0.2) is 0 Å². The number of halogens is 1. The zero-order valence-electron chi connectivity index (χ0n) is 10.8. The highest BCUT2D eigenvalue weighted by atomic mass is 35.5. The van der Waals surface area contributed by atoms with E-state index in [0.717, 1.165) is 12.2 Å². The summed E-state index contributed by atoms with van der Waals surface area (Å²) in [5.74, 6) is 0.540. The highest BCUT2D eigenvalue weighted by molar-refractivity contribution is 6.31. The average molecular weight is 268 g/mol. The Morgan fingerprint density at radius 1 is 1.28 bits per heavy atom. The van der Waals surface area contributed by atoms with Crippen molar-refractivity contribution in [2.24, 2.45) is 5.92 Å². The molecule has 0 saturated carbocycles. The van der Waals surface area contributed by atoms with Gasteiger partial charge in [-0.15, -0.1) is 0 Å². The molecular formula is C14H18ClNO2. The highest BCUT2D eigenvalue weighted by Gasteiger charge is 2.02. The van der Waals surface area contributed by atoms with Gasteiger partial charge < -0.3 is 9.47 Å². The molecule has 0 aliphatic heterocycles. The fraction of sp³-hybridized carbons (Fsp3) is 0.500. The number of ether oxygens (including phenoxy) is 2. The van der Waals surface area contributed by atoms with Gasteiger partial charge in [-0.1, -0.05) is 31.5 Å². The summed E-state index contributed by atoms with van der Waals surface area (Å²) in [6.45, 7) is 6.54. The second kappa shape index (κ2) is 8.10. The first-order chi connectivity index (χ1) is 8.63. The predicted molar refractivity (Wildman–Crippen MR) is 71.5 cm³/mol. The van der Waals surface area contributed by atoms with Gasteiger partial charge in [0.05, 0.1) is 31.5 Å². The molecule has 0 atom stereocenters. The van der Waals surface area contributed by atoms with Crippen LogP contribution in [-0.4, -0.2) is 19.8 Å². The lowest BCUT2D eigenvalue weighted by molar-refractivity contribution is 0.0315. The van der Waals surface area contributed by atoms with Crippen molar-refractivity contribution in [2.45, 2.75) is 20.5 Å². The molecule has 0 N–H and O–H groups in total. The van der Waals surface area contributed by atoms with E-state index in [2.05, 4.69) is 13.8 Å². The van der Waals surface area contributed by atoms with Gasteiger partial charge >= 0.3 is 0 Å². The maximum absolute atomic E-state index is 8.71. The smallest absolute Gasteiger partial charge is 0.0992 e. The molecule has 0 amide bonds. The summed E-state index contributed by atoms with van der Waals surface area (Å²) in [4.78, 5) is 0. The lowest BCUT2D eigenvalue weighted by Gasteiger charge is -2.08. The summed E-state index contributed by atoms with van der Waals surface area (Å²) in [6, 6.07) is 7.24. The standard InChI is InChI=1S/C14H18ClNO2/c1-11(2)9-17-5-6-18-10-13-4-3-12(8-16)7-14(13)15/h3-4,7,11H,5-6,9-10H2,1-2H3. The normalized spacial score (nSPS) is 10.6. The maximum Gasteiger partial charge on any atom is 0.0992 e. The van der Waals surface area contributed by atoms with Gasteiger partial charge in [0.2, 0.25) is 0 Å². The van der Waals surface area contributed by atoms with E-state index in [1.54, 1.807) is 12.1 Å². The van der Waals surface area contributed by atoms with Crippen LogP contribution in [-0.2, 0) is 16.1 Å². The first-order valence-corrected chi connectivity index (χ1v) is 6.35. The Balaban J connectivity index is 2.25. The van der Waals surface area contributed by atoms with Crippen LogP contribution in [0, 0.1) is 17.2 Å². The molecule has 3 nitrogen and oxygen atoms in total. The highest BCUT2D eigenvalue weighted by Crippen LogP contribution is 2.18. The number of benzene rings is 1. The van der Waals surface area contributed by atoms with Gasteiger partial charge in [0.1, 0.15) is 0 Å². The maximum atomic E-state index is 8.71. The quantitative estimate of drug-likeness (QED) is 0.711. The zero-order chi connectivity index (χ0) is 13.4. The molecule has 0 unspecified atom stereocenters. The molecule has 0 spiro atoms. The molecule has 0 aliphatic carbocycles. The van der Waals surface area contributed by atoms with Crippen LogP contribution in [0.5, 0.6) is 0 Å². The molecule has 0 saturated heterocycles. The van der Waals surface area contributed by atoms with Crippen LogP contribution in [0.4, 0.5) is 0 Å². The van der Waals surface area contributed by atoms with Crippen molar-refractivity contribution in [3.8, 4) is 6.07 Å². The molecule has 0 aromatic heterocycles. The molecule has 0 radical (unpaired) electrons. The number of nitrogens with zero attached hydrogens (tertiary/aromatic N) is 1. The van der Waals surface area contributed by atoms with Crippen LogP contribution in [0.25, 0.3) is 0 Å². The van der Waals surface area contributed by atoms with E-state index in [4.69, 9.17) is 26.3 Å². The van der Waals surface area contributed by atoms with Crippen molar-refractivity contribution in [3.05, 3.63) is 34.3 Å². The summed E-state index contributed by atoms with van der Waals surface area (Å²) >= 11 is 6.03. The Hall–Kier alpha value is -1.08. The average Bonchev–Trinajstić information content (AvgIpc) is 2.34. The topological polar surface area (TPSA) is 42.2 Å². The lowest BCUT2D eigenvalue weighted by atomic mass is 10.1. The van der Waals surface area contributed by atoms with E-state index in [1.807, 2.05) is 12.1 Å². The zero-order valence-corrected chi connectivity index (χ0v) is 11.5. The molecule has 0 heterocycles. The van der Waals surface area contributed by atoms with Crippen LogP contribution in [0.3, 0.4) is 0 Å². The molecular weight excluding hydrogens is 250 g/mol. The Bertz CT molecular complexity index is 413. The van der Waals surface area contributed by atoms with E-state index in [-0.39, 0.29) is 0 Å². The fourth-order valence-corrected chi connectivity index (χ4v) is 1.59. The largest absolute Gasteiger partial charge is 0.379 e. The predicted octanol–water partition coefficient (Wildman–Crippen LogP) is 3.40. The number of nitriles is 1. The van der Waals surface area contributed by atoms with Crippen LogP contribution in [0.1, 0.15) is 25.0 Å². The van der Waals surface area contributed by atoms with E-state index < -0.39 is 0 Å². The van der Waals surface area contributed by atoms with Crippen LogP contribution >= 0.6 is 11.6 Å². The molecule has 1 aromatic rings. The number of rotatable bonds is 7. The van der Waals surface area contributed by atoms with Crippen molar-refractivity contribution < 1.29 is 9.47 Å². The third-order valence-corrected chi connectivity index (χ3v) is 2.61. The van der Waals surface area contributed by atoms with Crippen molar-refractivity contribution >= 4 is 11.6 Å². The van der Waals surface area contributed by atoms with Crippen molar-refractivity contribution in [3.63, 3.8) is 0 Å². The Morgan fingerprint density at radius 2 is 2.00 bits per heavy atom. The van der Waals surface area contributed by atoms with Crippen molar-refractivity contribution in [2.75, 3.05) is 19.8 Å². The third kappa shape index (κ3) is 5.50. The minimum absolute atomic E-state index is 0.440. The summed E-state index contributed by atoms with van der Waals surface area (Å²) in [5, 5.41) is 9.28. The second-order valence-electron chi connectivity index (χ2n) is 4.44. The van der Waals surface area contributed by atoms with Crippen LogP contribution < -0.4 is 0 Å². The van der Waals surface area contributed by atoms with Gasteiger partial charge in [-0.3, -0.25) is 0 Å². The van der Waals surface area contributed by atoms with Gasteiger partial charge in [-0.05, 0) is 23.6 Å². The van der Waals surface area contributed by atoms with Gasteiger partial charge in [-0.25, -0.2) is 0 Å². The SMILES string of the molecule is CC(C)COCCOCc1ccc(C#N)cc1Cl. The summed E-state index contributed by atoms with van der Waals surface area (Å²) in [5.41, 5.74) is 1.45. The molecule has 1 aromatic carbocycles. The molecule has 18 heavy (non-hydrogen) atoms. The van der Waals surface area contributed by atoms with E-state index in [1.165, 1.54) is 0 Å². The van der Waals surface area contributed by atoms with E-state index in [9.17, 15) is 0 Å².